The molecular weight excluding hydrogens is 632 g/mol. The van der Waals surface area contributed by atoms with Crippen LogP contribution in [0.4, 0.5) is 0 Å². The first-order chi connectivity index (χ1) is 22.8. The van der Waals surface area contributed by atoms with E-state index in [0.717, 1.165) is 0 Å². The molecule has 0 N–H and O–H groups in total. The summed E-state index contributed by atoms with van der Waals surface area (Å²) in [4.78, 5) is 60.9. The van der Waals surface area contributed by atoms with Crippen molar-refractivity contribution in [1.82, 2.24) is 0 Å². The summed E-state index contributed by atoms with van der Waals surface area (Å²) in [7, 11) is 4.31. The fourth-order valence-corrected chi connectivity index (χ4v) is 5.39. The summed E-state index contributed by atoms with van der Waals surface area (Å²) in [6.45, 7) is 5.95. The molecule has 0 amide bonds. The zero-order valence-corrected chi connectivity index (χ0v) is 27.5. The topological polar surface area (TPSA) is 168 Å². The van der Waals surface area contributed by atoms with E-state index in [0.29, 0.717) is 16.9 Å². The van der Waals surface area contributed by atoms with E-state index >= 15 is 0 Å². The lowest BCUT2D eigenvalue weighted by Crippen LogP contribution is -2.39. The number of methoxy groups -OCH3 is 3. The van der Waals surface area contributed by atoms with E-state index in [1.54, 1.807) is 12.1 Å². The Balaban J connectivity index is 2.12. The molecule has 0 radical (unpaired) electrons. The van der Waals surface area contributed by atoms with Crippen LogP contribution in [0.5, 0.6) is 46.0 Å². The number of fused-ring (bicyclic) bond motifs is 1. The smallest absolute Gasteiger partial charge is 0.308 e. The van der Waals surface area contributed by atoms with Crippen LogP contribution in [-0.4, -0.2) is 57.3 Å². The van der Waals surface area contributed by atoms with Crippen molar-refractivity contribution in [2.75, 3.05) is 21.3 Å². The van der Waals surface area contributed by atoms with Gasteiger partial charge < -0.3 is 42.6 Å². The monoisotopic (exact) mass is 666 g/mol. The molecule has 0 bridgehead atoms. The lowest BCUT2D eigenvalue weighted by Gasteiger charge is -2.40. The highest BCUT2D eigenvalue weighted by Crippen LogP contribution is 2.56. The fourth-order valence-electron chi connectivity index (χ4n) is 5.39. The summed E-state index contributed by atoms with van der Waals surface area (Å²) in [5.41, 5.74) is 0.886. The van der Waals surface area contributed by atoms with Crippen LogP contribution in [0.15, 0.2) is 42.5 Å². The normalized spacial score (nSPS) is 16.3. The summed E-state index contributed by atoms with van der Waals surface area (Å²) in [5, 5.41) is 0. The second-order valence-electron chi connectivity index (χ2n) is 10.4. The highest BCUT2D eigenvalue weighted by atomic mass is 16.6. The Hall–Kier alpha value is -5.79. The Morgan fingerprint density at radius 2 is 1.08 bits per heavy atom. The molecular formula is C34H34O14. The number of hydrogen-bond donors (Lipinski definition) is 0. The molecule has 0 aromatic heterocycles. The van der Waals surface area contributed by atoms with Crippen molar-refractivity contribution in [3.63, 3.8) is 0 Å². The summed E-state index contributed by atoms with van der Waals surface area (Å²) in [6.07, 6.45) is -2.42. The molecule has 0 saturated carbocycles. The SMILES string of the molecule is COc1cc(OC)c([C@@H]2c3c(OC(C)=O)cc(OC(C)=O)cc3O[C@H](c3ccc(OC(C)=O)c(OC(C)=O)c3)[C@H]2OC(C)=O)c(OC)c1. The van der Waals surface area contributed by atoms with E-state index in [1.165, 1.54) is 86.3 Å². The largest absolute Gasteiger partial charge is 0.496 e. The second kappa shape index (κ2) is 14.8. The standard InChI is InChI=1S/C34H34O14/c1-16(35)43-23-14-28(46-19(4)38)31-29(15-23)48-33(21-9-10-24(44-17(2)36)25(11-21)45-18(3)37)34(47-20(5)39)32(31)30-26(41-7)12-22(40-6)13-27(30)42-8/h9-15,32-34H,1-8H3/t32-,33-,34+/m1/s1. The highest BCUT2D eigenvalue weighted by molar-refractivity contribution is 5.76. The van der Waals surface area contributed by atoms with Crippen molar-refractivity contribution in [1.29, 1.82) is 0 Å². The van der Waals surface area contributed by atoms with Gasteiger partial charge in [-0.25, -0.2) is 0 Å². The number of esters is 5. The third kappa shape index (κ3) is 7.77. The molecule has 1 aliphatic heterocycles. The number of carbonyl (C=O) groups is 5. The van der Waals surface area contributed by atoms with Gasteiger partial charge in [0.25, 0.3) is 0 Å². The Kier molecular flexibility index (Phi) is 10.8. The van der Waals surface area contributed by atoms with Gasteiger partial charge in [-0.3, -0.25) is 24.0 Å². The third-order valence-electron chi connectivity index (χ3n) is 6.95. The minimum atomic E-state index is -1.25. The maximum atomic E-state index is 12.8. The molecule has 1 aliphatic rings. The van der Waals surface area contributed by atoms with Crippen molar-refractivity contribution < 1.29 is 66.6 Å². The molecule has 48 heavy (non-hydrogen) atoms. The molecule has 0 saturated heterocycles. The van der Waals surface area contributed by atoms with Crippen LogP contribution in [0.3, 0.4) is 0 Å². The minimum absolute atomic E-state index is 0.0135. The van der Waals surface area contributed by atoms with Crippen molar-refractivity contribution in [2.24, 2.45) is 0 Å². The molecule has 14 heteroatoms. The zero-order chi connectivity index (χ0) is 35.3. The van der Waals surface area contributed by atoms with Crippen LogP contribution in [0, 0.1) is 0 Å². The molecule has 0 unspecified atom stereocenters. The second-order valence-corrected chi connectivity index (χ2v) is 10.4. The van der Waals surface area contributed by atoms with Crippen molar-refractivity contribution >= 4 is 29.8 Å². The molecule has 254 valence electrons. The van der Waals surface area contributed by atoms with Crippen molar-refractivity contribution in [2.45, 2.75) is 52.7 Å². The molecule has 0 aliphatic carbocycles. The van der Waals surface area contributed by atoms with Crippen LogP contribution in [0.2, 0.25) is 0 Å². The summed E-state index contributed by atoms with van der Waals surface area (Å²) in [5.74, 6) is -3.75. The van der Waals surface area contributed by atoms with Gasteiger partial charge in [-0.15, -0.1) is 0 Å². The van der Waals surface area contributed by atoms with Crippen LogP contribution in [0.25, 0.3) is 0 Å². The van der Waals surface area contributed by atoms with Crippen molar-refractivity contribution in [3.05, 3.63) is 59.2 Å². The number of hydrogen-bond acceptors (Lipinski definition) is 14. The maximum Gasteiger partial charge on any atom is 0.308 e. The van der Waals surface area contributed by atoms with Gasteiger partial charge >= 0.3 is 29.8 Å². The zero-order valence-electron chi connectivity index (χ0n) is 27.5. The predicted molar refractivity (Wildman–Crippen MR) is 165 cm³/mol. The lowest BCUT2D eigenvalue weighted by molar-refractivity contribution is -0.154. The van der Waals surface area contributed by atoms with Gasteiger partial charge in [-0.1, -0.05) is 6.07 Å². The van der Waals surface area contributed by atoms with Gasteiger partial charge in [0.15, 0.2) is 23.7 Å². The van der Waals surface area contributed by atoms with Crippen molar-refractivity contribution in [3.8, 4) is 46.0 Å². The van der Waals surface area contributed by atoms with Gasteiger partial charge in [0.2, 0.25) is 0 Å². The predicted octanol–water partition coefficient (Wildman–Crippen LogP) is 4.61. The summed E-state index contributed by atoms with van der Waals surface area (Å²) < 4.78 is 51.0. The third-order valence-corrected chi connectivity index (χ3v) is 6.95. The molecule has 3 aromatic rings. The minimum Gasteiger partial charge on any atom is -0.496 e. The van der Waals surface area contributed by atoms with Crippen LogP contribution < -0.4 is 37.9 Å². The first-order valence-electron chi connectivity index (χ1n) is 14.5. The molecule has 0 fully saturated rings. The quantitative estimate of drug-likeness (QED) is 0.217. The Bertz CT molecular complexity index is 1740. The van der Waals surface area contributed by atoms with Gasteiger partial charge in [0.05, 0.1) is 27.2 Å². The van der Waals surface area contributed by atoms with Crippen LogP contribution >= 0.6 is 0 Å². The lowest BCUT2D eigenvalue weighted by atomic mass is 9.78. The van der Waals surface area contributed by atoms with Gasteiger partial charge in [-0.05, 0) is 12.1 Å². The molecule has 3 atom stereocenters. The fraction of sp³-hybridized carbons (Fsp3) is 0.324. The van der Waals surface area contributed by atoms with Crippen LogP contribution in [0.1, 0.15) is 63.3 Å². The van der Waals surface area contributed by atoms with E-state index in [2.05, 4.69) is 0 Å². The highest BCUT2D eigenvalue weighted by Gasteiger charge is 2.47. The number of carbonyl (C=O) groups excluding carboxylic acids is 5. The maximum absolute atomic E-state index is 12.8. The molecule has 1 heterocycles. The summed E-state index contributed by atoms with van der Waals surface area (Å²) in [6, 6.07) is 10.3. The number of ether oxygens (including phenoxy) is 9. The Morgan fingerprint density at radius 1 is 0.542 bits per heavy atom. The first kappa shape index (κ1) is 35.1. The van der Waals surface area contributed by atoms with Crippen LogP contribution in [-0.2, 0) is 28.7 Å². The molecule has 0 spiro atoms. The van der Waals surface area contributed by atoms with Gasteiger partial charge in [0.1, 0.15) is 34.5 Å². The Morgan fingerprint density at radius 3 is 1.60 bits per heavy atom. The average molecular weight is 667 g/mol. The van der Waals surface area contributed by atoms with Gasteiger partial charge in [0, 0.05) is 75.6 Å². The molecule has 14 nitrogen and oxygen atoms in total. The Labute approximate surface area is 275 Å². The molecule has 4 rings (SSSR count). The van der Waals surface area contributed by atoms with E-state index in [4.69, 9.17) is 42.6 Å². The average Bonchev–Trinajstić information content (AvgIpc) is 2.99. The van der Waals surface area contributed by atoms with E-state index in [1.807, 2.05) is 0 Å². The first-order valence-corrected chi connectivity index (χ1v) is 14.5. The van der Waals surface area contributed by atoms with E-state index < -0.39 is 48.0 Å². The molecule has 3 aromatic carbocycles. The van der Waals surface area contributed by atoms with E-state index in [-0.39, 0.29) is 45.8 Å². The van der Waals surface area contributed by atoms with Gasteiger partial charge in [-0.2, -0.15) is 0 Å². The number of rotatable bonds is 10. The van der Waals surface area contributed by atoms with E-state index in [9.17, 15) is 24.0 Å². The number of benzene rings is 3. The summed E-state index contributed by atoms with van der Waals surface area (Å²) >= 11 is 0.